The number of amides is 1. The van der Waals surface area contributed by atoms with Crippen molar-refractivity contribution in [2.45, 2.75) is 12.5 Å². The molecular formula is C10H11ClN2O. The number of benzene rings is 1. The summed E-state index contributed by atoms with van der Waals surface area (Å²) in [6.45, 7) is 0.765. The van der Waals surface area contributed by atoms with Crippen molar-refractivity contribution in [1.29, 1.82) is 0 Å². The number of carbonyl (C=O) groups excluding carboxylic acids is 1. The smallest absolute Gasteiger partial charge is 0.239 e. The van der Waals surface area contributed by atoms with Crippen LogP contribution in [0.5, 0.6) is 0 Å². The third kappa shape index (κ3) is 1.61. The topological polar surface area (TPSA) is 55.1 Å². The summed E-state index contributed by atoms with van der Waals surface area (Å²) in [7, 11) is 0. The van der Waals surface area contributed by atoms with Crippen LogP contribution in [0.4, 0.5) is 0 Å². The second-order valence-corrected chi connectivity index (χ2v) is 3.82. The number of nitrogens with two attached hydrogens (primary N) is 1. The van der Waals surface area contributed by atoms with E-state index in [1.54, 1.807) is 6.07 Å². The van der Waals surface area contributed by atoms with Crippen molar-refractivity contribution in [3.05, 3.63) is 34.3 Å². The average Bonchev–Trinajstić information content (AvgIpc) is 2.16. The fourth-order valence-electron chi connectivity index (χ4n) is 1.79. The predicted molar refractivity (Wildman–Crippen MR) is 55.1 cm³/mol. The Morgan fingerprint density at radius 1 is 1.57 bits per heavy atom. The van der Waals surface area contributed by atoms with Crippen molar-refractivity contribution in [3.8, 4) is 0 Å². The summed E-state index contributed by atoms with van der Waals surface area (Å²) in [5, 5.41) is 3.78. The van der Waals surface area contributed by atoms with E-state index < -0.39 is 0 Å². The Balaban J connectivity index is 2.44. The number of halogens is 1. The molecule has 1 unspecified atom stereocenters. The molecule has 1 amide bonds. The fraction of sp³-hybridized carbons (Fsp3) is 0.300. The first-order valence-corrected chi connectivity index (χ1v) is 4.87. The maximum absolute atomic E-state index is 11.1. The zero-order valence-electron chi connectivity index (χ0n) is 7.59. The predicted octanol–water partition coefficient (Wildman–Crippen LogP) is 1.01. The van der Waals surface area contributed by atoms with E-state index >= 15 is 0 Å². The highest BCUT2D eigenvalue weighted by molar-refractivity contribution is 6.30. The van der Waals surface area contributed by atoms with E-state index in [1.807, 2.05) is 12.1 Å². The quantitative estimate of drug-likeness (QED) is 0.727. The van der Waals surface area contributed by atoms with Gasteiger partial charge in [-0.25, -0.2) is 0 Å². The van der Waals surface area contributed by atoms with Gasteiger partial charge in [0.2, 0.25) is 5.91 Å². The molecule has 3 N–H and O–H groups in total. The molecule has 74 valence electrons. The fourth-order valence-corrected chi connectivity index (χ4v) is 1.98. The van der Waals surface area contributed by atoms with Crippen molar-refractivity contribution in [1.82, 2.24) is 5.32 Å². The lowest BCUT2D eigenvalue weighted by Crippen LogP contribution is -2.38. The molecule has 1 aromatic rings. The molecule has 2 rings (SSSR count). The molecule has 1 heterocycles. The van der Waals surface area contributed by atoms with Crippen LogP contribution in [0.1, 0.15) is 17.2 Å². The Morgan fingerprint density at radius 3 is 3.07 bits per heavy atom. The highest BCUT2D eigenvalue weighted by Gasteiger charge is 2.23. The van der Waals surface area contributed by atoms with Crippen LogP contribution in [-0.2, 0) is 11.2 Å². The van der Waals surface area contributed by atoms with Crippen molar-refractivity contribution in [3.63, 3.8) is 0 Å². The minimum absolute atomic E-state index is 0.340. The number of primary amides is 1. The number of nitrogens with one attached hydrogen (secondary N) is 1. The maximum Gasteiger partial charge on any atom is 0.239 e. The van der Waals surface area contributed by atoms with Crippen LogP contribution in [-0.4, -0.2) is 12.5 Å². The van der Waals surface area contributed by atoms with E-state index in [2.05, 4.69) is 5.32 Å². The molecule has 3 nitrogen and oxygen atoms in total. The van der Waals surface area contributed by atoms with Crippen LogP contribution >= 0.6 is 11.6 Å². The summed E-state index contributed by atoms with van der Waals surface area (Å²) >= 11 is 5.87. The van der Waals surface area contributed by atoms with Crippen LogP contribution in [0.25, 0.3) is 0 Å². The van der Waals surface area contributed by atoms with Crippen molar-refractivity contribution in [2.75, 3.05) is 6.54 Å². The van der Waals surface area contributed by atoms with Gasteiger partial charge in [-0.05, 0) is 29.7 Å². The first-order valence-electron chi connectivity index (χ1n) is 4.49. The molecule has 4 heteroatoms. The average molecular weight is 211 g/mol. The normalized spacial score (nSPS) is 20.2. The molecule has 14 heavy (non-hydrogen) atoms. The molecule has 0 aromatic heterocycles. The highest BCUT2D eigenvalue weighted by atomic mass is 35.5. The van der Waals surface area contributed by atoms with Gasteiger partial charge in [-0.3, -0.25) is 4.79 Å². The van der Waals surface area contributed by atoms with E-state index in [0.29, 0.717) is 5.02 Å². The SMILES string of the molecule is NC(=O)C1NCCc2cc(Cl)ccc21. The van der Waals surface area contributed by atoms with Gasteiger partial charge >= 0.3 is 0 Å². The monoisotopic (exact) mass is 210 g/mol. The molecule has 1 atom stereocenters. The lowest BCUT2D eigenvalue weighted by molar-refractivity contribution is -0.120. The Hall–Kier alpha value is -1.06. The first-order chi connectivity index (χ1) is 6.68. The van der Waals surface area contributed by atoms with E-state index in [0.717, 1.165) is 24.1 Å². The molecule has 1 aromatic carbocycles. The van der Waals surface area contributed by atoms with Crippen LogP contribution in [0, 0.1) is 0 Å². The van der Waals surface area contributed by atoms with E-state index in [1.165, 1.54) is 0 Å². The number of rotatable bonds is 1. The second-order valence-electron chi connectivity index (χ2n) is 3.38. The third-order valence-electron chi connectivity index (χ3n) is 2.44. The number of hydrogen-bond donors (Lipinski definition) is 2. The molecule has 0 saturated carbocycles. The lowest BCUT2D eigenvalue weighted by Gasteiger charge is -2.24. The number of carbonyl (C=O) groups is 1. The van der Waals surface area contributed by atoms with Crippen LogP contribution in [0.3, 0.4) is 0 Å². The summed E-state index contributed by atoms with van der Waals surface area (Å²) in [5.41, 5.74) is 7.35. The Bertz CT molecular complexity index is 378. The molecule has 1 aliphatic rings. The van der Waals surface area contributed by atoms with Crippen LogP contribution < -0.4 is 11.1 Å². The van der Waals surface area contributed by atoms with Gasteiger partial charge < -0.3 is 11.1 Å². The zero-order chi connectivity index (χ0) is 10.1. The molecule has 1 aliphatic heterocycles. The highest BCUT2D eigenvalue weighted by Crippen LogP contribution is 2.25. The molecule has 0 aliphatic carbocycles. The van der Waals surface area contributed by atoms with Crippen LogP contribution in [0.15, 0.2) is 18.2 Å². The summed E-state index contributed by atoms with van der Waals surface area (Å²) in [6.07, 6.45) is 0.889. The Labute approximate surface area is 87.2 Å². The van der Waals surface area contributed by atoms with Crippen molar-refractivity contribution in [2.24, 2.45) is 5.73 Å². The molecule has 0 saturated heterocycles. The first kappa shape index (κ1) is 9.49. The largest absolute Gasteiger partial charge is 0.368 e. The second kappa shape index (κ2) is 3.59. The van der Waals surface area contributed by atoms with Gasteiger partial charge in [-0.1, -0.05) is 17.7 Å². The van der Waals surface area contributed by atoms with E-state index in [-0.39, 0.29) is 11.9 Å². The zero-order valence-corrected chi connectivity index (χ0v) is 8.34. The van der Waals surface area contributed by atoms with Crippen LogP contribution in [0.2, 0.25) is 5.02 Å². The van der Waals surface area contributed by atoms with Gasteiger partial charge in [0.05, 0.1) is 0 Å². The summed E-state index contributed by atoms with van der Waals surface area (Å²) < 4.78 is 0. The molecular weight excluding hydrogens is 200 g/mol. The molecule has 0 fully saturated rings. The van der Waals surface area contributed by atoms with Crippen molar-refractivity contribution >= 4 is 17.5 Å². The number of hydrogen-bond acceptors (Lipinski definition) is 2. The summed E-state index contributed by atoms with van der Waals surface area (Å²) in [4.78, 5) is 11.1. The van der Waals surface area contributed by atoms with Gasteiger partial charge in [0, 0.05) is 11.6 Å². The Kier molecular flexibility index (Phi) is 2.44. The lowest BCUT2D eigenvalue weighted by atomic mass is 9.94. The molecule has 0 radical (unpaired) electrons. The third-order valence-corrected chi connectivity index (χ3v) is 2.68. The van der Waals surface area contributed by atoms with Gasteiger partial charge in [-0.2, -0.15) is 0 Å². The van der Waals surface area contributed by atoms with E-state index in [4.69, 9.17) is 17.3 Å². The van der Waals surface area contributed by atoms with Gasteiger partial charge in [0.1, 0.15) is 6.04 Å². The number of fused-ring (bicyclic) bond motifs is 1. The van der Waals surface area contributed by atoms with Gasteiger partial charge in [-0.15, -0.1) is 0 Å². The summed E-state index contributed by atoms with van der Waals surface area (Å²) in [5.74, 6) is -0.340. The standard InChI is InChI=1S/C10H11ClN2O/c11-7-1-2-8-6(5-7)3-4-13-9(8)10(12)14/h1-2,5,9,13H,3-4H2,(H2,12,14). The van der Waals surface area contributed by atoms with Gasteiger partial charge in [0.15, 0.2) is 0 Å². The van der Waals surface area contributed by atoms with Gasteiger partial charge in [0.25, 0.3) is 0 Å². The maximum atomic E-state index is 11.1. The minimum atomic E-state index is -0.365. The van der Waals surface area contributed by atoms with Crippen molar-refractivity contribution < 1.29 is 4.79 Å². The molecule has 0 spiro atoms. The molecule has 0 bridgehead atoms. The summed E-state index contributed by atoms with van der Waals surface area (Å²) in [6, 6.07) is 5.17. The minimum Gasteiger partial charge on any atom is -0.368 e. The Morgan fingerprint density at radius 2 is 2.36 bits per heavy atom. The van der Waals surface area contributed by atoms with E-state index in [9.17, 15) is 4.79 Å².